The number of allylic oxidation sites excluding steroid dienone is 3. The molecule has 0 radical (unpaired) electrons. The number of benzene rings is 3. The molecule has 0 spiro atoms. The Balaban J connectivity index is 1.16. The molecule has 0 bridgehead atoms. The molecule has 4 nitrogen and oxygen atoms in total. The van der Waals surface area contributed by atoms with Crippen LogP contribution in [0.15, 0.2) is 97.1 Å². The lowest BCUT2D eigenvalue weighted by molar-refractivity contribution is 0.204. The fraction of sp³-hybridized carbons (Fsp3) is 0.129. The van der Waals surface area contributed by atoms with Crippen molar-refractivity contribution in [3.63, 3.8) is 0 Å². The van der Waals surface area contributed by atoms with Gasteiger partial charge in [-0.25, -0.2) is 4.98 Å². The molecule has 170 valence electrons. The average molecular weight is 456 g/mol. The number of ether oxygens (including phenoxy) is 1. The molecule has 2 aliphatic heterocycles. The van der Waals surface area contributed by atoms with Crippen molar-refractivity contribution in [3.05, 3.63) is 103 Å². The third kappa shape index (κ3) is 3.58. The summed E-state index contributed by atoms with van der Waals surface area (Å²) in [4.78, 5) is 5.03. The maximum Gasteiger partial charge on any atom is 0.176 e. The first kappa shape index (κ1) is 20.1. The van der Waals surface area contributed by atoms with Crippen LogP contribution >= 0.6 is 0 Å². The fourth-order valence-corrected chi connectivity index (χ4v) is 5.13. The van der Waals surface area contributed by atoms with Crippen molar-refractivity contribution in [1.29, 1.82) is 0 Å². The van der Waals surface area contributed by atoms with Crippen LogP contribution in [0.2, 0.25) is 0 Å². The summed E-state index contributed by atoms with van der Waals surface area (Å²) < 4.78 is 6.18. The molecule has 3 heterocycles. The largest absolute Gasteiger partial charge is 0.468 e. The standard InChI is InChI=1S/C31H25N3O/c1-2-5-24(6-3-1)31-34-27-19-25(15-17-28(27)35-31)20-8-10-21(11-9-20)26-16-14-23-13-12-22-7-4-18-32-29(22)30(23)33-26/h1-5,7-17,19,24,31-32,34H,6,18H2. The van der Waals surface area contributed by atoms with Crippen molar-refractivity contribution in [2.24, 2.45) is 5.92 Å². The molecular weight excluding hydrogens is 430 g/mol. The van der Waals surface area contributed by atoms with Gasteiger partial charge in [-0.05, 0) is 41.3 Å². The van der Waals surface area contributed by atoms with Crippen LogP contribution in [-0.4, -0.2) is 17.8 Å². The quantitative estimate of drug-likeness (QED) is 0.341. The first-order valence-electron chi connectivity index (χ1n) is 12.2. The number of fused-ring (bicyclic) bond motifs is 4. The molecule has 0 saturated heterocycles. The molecule has 1 aliphatic carbocycles. The number of aromatic nitrogens is 1. The second-order valence-electron chi connectivity index (χ2n) is 9.26. The summed E-state index contributed by atoms with van der Waals surface area (Å²) in [5.74, 6) is 1.27. The van der Waals surface area contributed by atoms with Gasteiger partial charge >= 0.3 is 0 Å². The topological polar surface area (TPSA) is 46.2 Å². The molecule has 3 aliphatic rings. The zero-order valence-corrected chi connectivity index (χ0v) is 19.2. The van der Waals surface area contributed by atoms with Crippen LogP contribution < -0.4 is 15.4 Å². The van der Waals surface area contributed by atoms with Crippen LogP contribution in [0.1, 0.15) is 12.0 Å². The van der Waals surface area contributed by atoms with E-state index in [-0.39, 0.29) is 6.23 Å². The van der Waals surface area contributed by atoms with E-state index in [1.165, 1.54) is 16.7 Å². The van der Waals surface area contributed by atoms with Crippen molar-refractivity contribution < 1.29 is 4.74 Å². The maximum atomic E-state index is 6.18. The van der Waals surface area contributed by atoms with E-state index < -0.39 is 0 Å². The lowest BCUT2D eigenvalue weighted by atomic mass is 9.99. The zero-order valence-electron chi connectivity index (χ0n) is 19.2. The van der Waals surface area contributed by atoms with Crippen LogP contribution in [0.3, 0.4) is 0 Å². The Labute approximate surface area is 204 Å². The van der Waals surface area contributed by atoms with Crippen molar-refractivity contribution in [2.75, 3.05) is 17.2 Å². The van der Waals surface area contributed by atoms with Crippen LogP contribution in [0.25, 0.3) is 39.4 Å². The van der Waals surface area contributed by atoms with Gasteiger partial charge < -0.3 is 15.4 Å². The molecule has 7 rings (SSSR count). The molecule has 3 aromatic carbocycles. The minimum Gasteiger partial charge on any atom is -0.468 e. The molecule has 2 N–H and O–H groups in total. The van der Waals surface area contributed by atoms with Crippen molar-refractivity contribution in [3.8, 4) is 28.1 Å². The zero-order chi connectivity index (χ0) is 23.2. The van der Waals surface area contributed by atoms with Gasteiger partial charge in [0, 0.05) is 23.4 Å². The van der Waals surface area contributed by atoms with Gasteiger partial charge in [0.1, 0.15) is 5.75 Å². The summed E-state index contributed by atoms with van der Waals surface area (Å²) in [6.45, 7) is 0.836. The average Bonchev–Trinajstić information content (AvgIpc) is 3.37. The molecule has 4 aromatic rings. The summed E-state index contributed by atoms with van der Waals surface area (Å²) in [6.07, 6.45) is 13.9. The smallest absolute Gasteiger partial charge is 0.176 e. The van der Waals surface area contributed by atoms with Gasteiger partial charge in [0.15, 0.2) is 6.23 Å². The number of pyridine rings is 1. The minimum absolute atomic E-state index is 0.0153. The molecule has 0 fully saturated rings. The number of hydrogen-bond donors (Lipinski definition) is 2. The predicted molar refractivity (Wildman–Crippen MR) is 145 cm³/mol. The summed E-state index contributed by atoms with van der Waals surface area (Å²) >= 11 is 0. The normalized spacial score (nSPS) is 19.5. The SMILES string of the molecule is C1=CCC(C2Nc3cc(-c4ccc(-c5ccc6ccc7c(c6n5)NCC=C7)cc4)ccc3O2)C=C1. The van der Waals surface area contributed by atoms with Crippen LogP contribution in [0.5, 0.6) is 5.75 Å². The van der Waals surface area contributed by atoms with E-state index in [9.17, 15) is 0 Å². The third-order valence-electron chi connectivity index (χ3n) is 7.04. The molecular formula is C31H25N3O. The van der Waals surface area contributed by atoms with Gasteiger partial charge in [-0.3, -0.25) is 0 Å². The van der Waals surface area contributed by atoms with Crippen molar-refractivity contribution in [1.82, 2.24) is 4.98 Å². The maximum absolute atomic E-state index is 6.18. The van der Waals surface area contributed by atoms with Crippen LogP contribution in [0.4, 0.5) is 11.4 Å². The lowest BCUT2D eigenvalue weighted by Crippen LogP contribution is -2.29. The first-order valence-corrected chi connectivity index (χ1v) is 12.2. The van der Waals surface area contributed by atoms with Gasteiger partial charge in [0.25, 0.3) is 0 Å². The molecule has 0 saturated carbocycles. The van der Waals surface area contributed by atoms with E-state index in [1.54, 1.807) is 0 Å². The van der Waals surface area contributed by atoms with Gasteiger partial charge in [-0.15, -0.1) is 0 Å². The highest BCUT2D eigenvalue weighted by Gasteiger charge is 2.28. The van der Waals surface area contributed by atoms with E-state index in [0.717, 1.165) is 52.3 Å². The Morgan fingerprint density at radius 3 is 2.57 bits per heavy atom. The summed E-state index contributed by atoms with van der Waals surface area (Å²) in [5.41, 5.74) is 8.83. The predicted octanol–water partition coefficient (Wildman–Crippen LogP) is 7.27. The Morgan fingerprint density at radius 2 is 1.69 bits per heavy atom. The van der Waals surface area contributed by atoms with Gasteiger partial charge in [-0.2, -0.15) is 0 Å². The first-order chi connectivity index (χ1) is 17.3. The van der Waals surface area contributed by atoms with E-state index >= 15 is 0 Å². The minimum atomic E-state index is -0.0153. The second-order valence-corrected chi connectivity index (χ2v) is 9.26. The molecule has 35 heavy (non-hydrogen) atoms. The van der Waals surface area contributed by atoms with E-state index in [1.807, 2.05) is 0 Å². The fourth-order valence-electron chi connectivity index (χ4n) is 5.13. The molecule has 4 heteroatoms. The Kier molecular flexibility index (Phi) is 4.69. The highest BCUT2D eigenvalue weighted by atomic mass is 16.5. The number of anilines is 2. The van der Waals surface area contributed by atoms with Crippen molar-refractivity contribution in [2.45, 2.75) is 12.6 Å². The van der Waals surface area contributed by atoms with Crippen molar-refractivity contribution >= 4 is 28.4 Å². The van der Waals surface area contributed by atoms with Gasteiger partial charge in [-0.1, -0.05) is 85.0 Å². The second kappa shape index (κ2) is 8.17. The Morgan fingerprint density at radius 1 is 0.829 bits per heavy atom. The molecule has 0 amide bonds. The van der Waals surface area contributed by atoms with Crippen LogP contribution in [-0.2, 0) is 0 Å². The number of nitrogens with zero attached hydrogens (tertiary/aromatic N) is 1. The summed E-state index contributed by atoms with van der Waals surface area (Å²) in [6, 6.07) is 23.6. The van der Waals surface area contributed by atoms with Crippen LogP contribution in [0, 0.1) is 5.92 Å². The van der Waals surface area contributed by atoms with Gasteiger partial charge in [0.05, 0.1) is 22.6 Å². The molecule has 2 unspecified atom stereocenters. The van der Waals surface area contributed by atoms with E-state index in [4.69, 9.17) is 9.72 Å². The Hall–Kier alpha value is -4.31. The molecule has 2 atom stereocenters. The van der Waals surface area contributed by atoms with Gasteiger partial charge in [0.2, 0.25) is 0 Å². The third-order valence-corrected chi connectivity index (χ3v) is 7.04. The Bertz CT molecular complexity index is 1530. The number of hydrogen-bond acceptors (Lipinski definition) is 4. The summed E-state index contributed by atoms with van der Waals surface area (Å²) in [7, 11) is 0. The molecule has 1 aromatic heterocycles. The number of rotatable bonds is 3. The monoisotopic (exact) mass is 455 g/mol. The number of nitrogens with one attached hydrogen (secondary N) is 2. The van der Waals surface area contributed by atoms with E-state index in [0.29, 0.717) is 5.92 Å². The van der Waals surface area contributed by atoms with E-state index in [2.05, 4.69) is 114 Å². The highest BCUT2D eigenvalue weighted by Crippen LogP contribution is 2.39. The summed E-state index contributed by atoms with van der Waals surface area (Å²) in [5, 5.41) is 8.20. The highest BCUT2D eigenvalue weighted by molar-refractivity contribution is 5.97. The lowest BCUT2D eigenvalue weighted by Gasteiger charge is -2.20.